The fourth-order valence-electron chi connectivity index (χ4n) is 5.14. The highest BCUT2D eigenvalue weighted by Gasteiger charge is 2.34. The summed E-state index contributed by atoms with van der Waals surface area (Å²) < 4.78 is 28.7. The third-order valence-corrected chi connectivity index (χ3v) is 9.72. The number of anilines is 1. The van der Waals surface area contributed by atoms with Gasteiger partial charge in [-0.25, -0.2) is 8.42 Å². The Kier molecular flexibility index (Phi) is 10.7. The molecule has 1 N–H and O–H groups in total. The molecule has 7 nitrogen and oxygen atoms in total. The molecule has 0 aromatic heterocycles. The summed E-state index contributed by atoms with van der Waals surface area (Å²) in [6.45, 7) is 1.35. The second-order valence-electron chi connectivity index (χ2n) is 10.2. The minimum atomic E-state index is -4.10. The van der Waals surface area contributed by atoms with Crippen molar-refractivity contribution in [1.29, 1.82) is 0 Å². The van der Waals surface area contributed by atoms with Crippen LogP contribution in [0.25, 0.3) is 0 Å². The number of benzene rings is 3. The van der Waals surface area contributed by atoms with Gasteiger partial charge in [0, 0.05) is 22.6 Å². The van der Waals surface area contributed by atoms with Crippen molar-refractivity contribution in [1.82, 2.24) is 10.2 Å². The van der Waals surface area contributed by atoms with Crippen molar-refractivity contribution in [2.24, 2.45) is 0 Å². The van der Waals surface area contributed by atoms with Gasteiger partial charge in [0.1, 0.15) is 12.6 Å². The molecule has 0 heterocycles. The summed E-state index contributed by atoms with van der Waals surface area (Å²) in [7, 11) is -4.10. The zero-order valence-corrected chi connectivity index (χ0v) is 25.3. The molecular formula is C31H35Cl2N3O4S. The Morgan fingerprint density at radius 1 is 0.927 bits per heavy atom. The normalized spacial score (nSPS) is 14.7. The Balaban J connectivity index is 1.70. The molecule has 0 bridgehead atoms. The molecule has 0 saturated heterocycles. The third kappa shape index (κ3) is 7.82. The Morgan fingerprint density at radius 2 is 1.56 bits per heavy atom. The van der Waals surface area contributed by atoms with Crippen LogP contribution in [-0.4, -0.2) is 43.8 Å². The van der Waals surface area contributed by atoms with Crippen LogP contribution in [0, 0.1) is 0 Å². The number of halogens is 2. The first-order chi connectivity index (χ1) is 19.7. The maximum absolute atomic E-state index is 14.2. The van der Waals surface area contributed by atoms with Gasteiger partial charge in [-0.2, -0.15) is 0 Å². The number of rotatable bonds is 11. The predicted octanol–water partition coefficient (Wildman–Crippen LogP) is 6.45. The van der Waals surface area contributed by atoms with E-state index >= 15 is 0 Å². The third-order valence-electron chi connectivity index (χ3n) is 7.35. The lowest BCUT2D eigenvalue weighted by Crippen LogP contribution is -2.54. The maximum Gasteiger partial charge on any atom is 0.264 e. The van der Waals surface area contributed by atoms with E-state index in [9.17, 15) is 18.0 Å². The summed E-state index contributed by atoms with van der Waals surface area (Å²) in [6.07, 6.45) is 5.38. The van der Waals surface area contributed by atoms with Gasteiger partial charge in [-0.15, -0.1) is 0 Å². The minimum Gasteiger partial charge on any atom is -0.352 e. The van der Waals surface area contributed by atoms with Crippen molar-refractivity contribution < 1.29 is 18.0 Å². The van der Waals surface area contributed by atoms with E-state index in [4.69, 9.17) is 23.2 Å². The van der Waals surface area contributed by atoms with E-state index in [0.717, 1.165) is 36.4 Å². The highest BCUT2D eigenvalue weighted by atomic mass is 35.5. The number of nitrogens with one attached hydrogen (secondary N) is 1. The van der Waals surface area contributed by atoms with Gasteiger partial charge >= 0.3 is 0 Å². The Bertz CT molecular complexity index is 1430. The Labute approximate surface area is 252 Å². The lowest BCUT2D eigenvalue weighted by molar-refractivity contribution is -0.140. The standard InChI is InChI=1S/C31H35Cl2N3O4S/c1-2-29(31(38)34-25-12-6-3-7-13-25)35(21-23-18-19-24(32)20-28(23)33)30(37)22-36(26-14-8-4-9-15-26)41(39,40)27-16-10-5-11-17-27/h4-5,8-11,14-20,25,29H,2-3,6-7,12-13,21-22H2,1H3,(H,34,38)/t29-/m0/s1. The largest absolute Gasteiger partial charge is 0.352 e. The van der Waals surface area contributed by atoms with Gasteiger partial charge in [-0.3, -0.25) is 13.9 Å². The molecule has 1 fully saturated rings. The van der Waals surface area contributed by atoms with Crippen molar-refractivity contribution in [2.75, 3.05) is 10.8 Å². The molecular weight excluding hydrogens is 581 g/mol. The van der Waals surface area contributed by atoms with Gasteiger partial charge in [0.15, 0.2) is 0 Å². The van der Waals surface area contributed by atoms with Crippen LogP contribution in [0.1, 0.15) is 51.0 Å². The fraction of sp³-hybridized carbons (Fsp3) is 0.355. The zero-order chi connectivity index (χ0) is 29.4. The van der Waals surface area contributed by atoms with Crippen LogP contribution in [0.3, 0.4) is 0 Å². The number of amides is 2. The molecule has 1 atom stereocenters. The molecule has 41 heavy (non-hydrogen) atoms. The quantitative estimate of drug-likeness (QED) is 0.269. The van der Waals surface area contributed by atoms with Crippen molar-refractivity contribution in [3.05, 3.63) is 94.5 Å². The summed E-state index contributed by atoms with van der Waals surface area (Å²) in [5.41, 5.74) is 0.944. The molecule has 4 rings (SSSR count). The number of para-hydroxylation sites is 1. The summed E-state index contributed by atoms with van der Waals surface area (Å²) in [4.78, 5) is 29.3. The molecule has 1 saturated carbocycles. The highest BCUT2D eigenvalue weighted by Crippen LogP contribution is 2.27. The maximum atomic E-state index is 14.2. The lowest BCUT2D eigenvalue weighted by atomic mass is 9.95. The summed E-state index contributed by atoms with van der Waals surface area (Å²) in [6, 6.07) is 20.7. The molecule has 1 aliphatic carbocycles. The van der Waals surface area contributed by atoms with Crippen molar-refractivity contribution >= 4 is 50.7 Å². The van der Waals surface area contributed by atoms with Crippen LogP contribution in [0.4, 0.5) is 5.69 Å². The van der Waals surface area contributed by atoms with Crippen LogP contribution in [0.15, 0.2) is 83.8 Å². The first-order valence-electron chi connectivity index (χ1n) is 13.9. The minimum absolute atomic E-state index is 0.0133. The van der Waals surface area contributed by atoms with Gasteiger partial charge in [0.2, 0.25) is 11.8 Å². The molecule has 0 aliphatic heterocycles. The summed E-state index contributed by atoms with van der Waals surface area (Å²) in [5, 5.41) is 3.94. The molecule has 10 heteroatoms. The van der Waals surface area contributed by atoms with Crippen LogP contribution < -0.4 is 9.62 Å². The lowest BCUT2D eigenvalue weighted by Gasteiger charge is -2.34. The first-order valence-corrected chi connectivity index (χ1v) is 16.1. The van der Waals surface area contributed by atoms with Gasteiger partial charge in [-0.05, 0) is 61.2 Å². The summed E-state index contributed by atoms with van der Waals surface area (Å²) >= 11 is 12.6. The van der Waals surface area contributed by atoms with E-state index in [1.54, 1.807) is 66.7 Å². The molecule has 0 radical (unpaired) electrons. The Hall–Kier alpha value is -3.07. The molecule has 3 aromatic carbocycles. The van der Waals surface area contributed by atoms with Gasteiger partial charge in [-0.1, -0.05) is 91.9 Å². The number of hydrogen-bond acceptors (Lipinski definition) is 4. The van der Waals surface area contributed by atoms with Crippen molar-refractivity contribution in [3.63, 3.8) is 0 Å². The van der Waals surface area contributed by atoms with E-state index in [1.165, 1.54) is 17.0 Å². The SMILES string of the molecule is CC[C@@H](C(=O)NC1CCCCC1)N(Cc1ccc(Cl)cc1Cl)C(=O)CN(c1ccccc1)S(=O)(=O)c1ccccc1. The average molecular weight is 617 g/mol. The summed E-state index contributed by atoms with van der Waals surface area (Å²) in [5.74, 6) is -0.778. The first kappa shape index (κ1) is 30.9. The molecule has 1 aliphatic rings. The van der Waals surface area contributed by atoms with Crippen LogP contribution in [-0.2, 0) is 26.2 Å². The van der Waals surface area contributed by atoms with Gasteiger partial charge in [0.05, 0.1) is 10.6 Å². The highest BCUT2D eigenvalue weighted by molar-refractivity contribution is 7.92. The second-order valence-corrected chi connectivity index (χ2v) is 12.9. The molecule has 0 spiro atoms. The molecule has 0 unspecified atom stereocenters. The number of carbonyl (C=O) groups is 2. The van der Waals surface area contributed by atoms with E-state index in [2.05, 4.69) is 5.32 Å². The Morgan fingerprint density at radius 3 is 2.17 bits per heavy atom. The number of nitrogens with zero attached hydrogens (tertiary/aromatic N) is 2. The van der Waals surface area contributed by atoms with E-state index in [0.29, 0.717) is 27.7 Å². The average Bonchev–Trinajstić information content (AvgIpc) is 2.98. The van der Waals surface area contributed by atoms with Crippen molar-refractivity contribution in [3.8, 4) is 0 Å². The molecule has 218 valence electrons. The number of carbonyl (C=O) groups excluding carboxylic acids is 2. The van der Waals surface area contributed by atoms with Gasteiger partial charge in [0.25, 0.3) is 10.0 Å². The predicted molar refractivity (Wildman–Crippen MR) is 164 cm³/mol. The topological polar surface area (TPSA) is 86.8 Å². The van der Waals surface area contributed by atoms with Crippen LogP contribution >= 0.6 is 23.2 Å². The van der Waals surface area contributed by atoms with Crippen LogP contribution in [0.5, 0.6) is 0 Å². The van der Waals surface area contributed by atoms with E-state index < -0.39 is 28.5 Å². The zero-order valence-electron chi connectivity index (χ0n) is 23.0. The smallest absolute Gasteiger partial charge is 0.264 e. The molecule has 3 aromatic rings. The molecule has 2 amide bonds. The van der Waals surface area contributed by atoms with Crippen LogP contribution in [0.2, 0.25) is 10.0 Å². The monoisotopic (exact) mass is 615 g/mol. The number of sulfonamides is 1. The second kappa shape index (κ2) is 14.2. The fourth-order valence-corrected chi connectivity index (χ4v) is 7.04. The van der Waals surface area contributed by atoms with E-state index in [1.807, 2.05) is 6.92 Å². The van der Waals surface area contributed by atoms with Gasteiger partial charge < -0.3 is 10.2 Å². The van der Waals surface area contributed by atoms with Crippen molar-refractivity contribution in [2.45, 2.75) is 69.0 Å². The number of hydrogen-bond donors (Lipinski definition) is 1. The van der Waals surface area contributed by atoms with E-state index in [-0.39, 0.29) is 23.4 Å².